The first-order valence-corrected chi connectivity index (χ1v) is 5.02. The summed E-state index contributed by atoms with van der Waals surface area (Å²) in [5.41, 5.74) is 5.89. The molecule has 0 aliphatic carbocycles. The van der Waals surface area contributed by atoms with E-state index in [2.05, 4.69) is 9.97 Å². The Morgan fingerprint density at radius 2 is 2.19 bits per heavy atom. The number of aromatic nitrogens is 2. The van der Waals surface area contributed by atoms with Crippen LogP contribution in [0.3, 0.4) is 0 Å². The summed E-state index contributed by atoms with van der Waals surface area (Å²) in [6, 6.07) is 0.0720. The summed E-state index contributed by atoms with van der Waals surface area (Å²) in [5, 5.41) is 0. The first-order chi connectivity index (χ1) is 7.72. The summed E-state index contributed by atoms with van der Waals surface area (Å²) >= 11 is 0. The van der Waals surface area contributed by atoms with Crippen LogP contribution in [0.1, 0.15) is 30.3 Å². The van der Waals surface area contributed by atoms with E-state index in [-0.39, 0.29) is 23.3 Å². The van der Waals surface area contributed by atoms with Crippen molar-refractivity contribution in [3.05, 3.63) is 5.69 Å². The highest BCUT2D eigenvalue weighted by molar-refractivity contribution is 5.82. The highest BCUT2D eigenvalue weighted by Gasteiger charge is 2.12. The Morgan fingerprint density at radius 1 is 1.44 bits per heavy atom. The van der Waals surface area contributed by atoms with Gasteiger partial charge in [-0.1, -0.05) is 13.3 Å². The zero-order chi connectivity index (χ0) is 12.0. The van der Waals surface area contributed by atoms with Gasteiger partial charge in [0.25, 0.3) is 0 Å². The van der Waals surface area contributed by atoms with E-state index in [4.69, 9.17) is 15.2 Å². The van der Waals surface area contributed by atoms with Crippen molar-refractivity contribution >= 4 is 12.0 Å². The van der Waals surface area contributed by atoms with Crippen molar-refractivity contribution in [2.75, 3.05) is 19.5 Å². The minimum Gasteiger partial charge on any atom is -0.476 e. The summed E-state index contributed by atoms with van der Waals surface area (Å²) < 4.78 is 10.2. The predicted molar refractivity (Wildman–Crippen MR) is 58.8 cm³/mol. The van der Waals surface area contributed by atoms with Gasteiger partial charge in [0, 0.05) is 0 Å². The Labute approximate surface area is 93.8 Å². The quantitative estimate of drug-likeness (QED) is 0.575. The number of hydrogen-bond acceptors (Lipinski definition) is 6. The average molecular weight is 225 g/mol. The van der Waals surface area contributed by atoms with Gasteiger partial charge in [0.2, 0.25) is 5.88 Å². The molecular formula is C10H15N3O3. The molecule has 1 aromatic heterocycles. The molecule has 0 spiro atoms. The number of nitrogens with zero attached hydrogens (tertiary/aromatic N) is 2. The van der Waals surface area contributed by atoms with Gasteiger partial charge in [-0.25, -0.2) is 0 Å². The third-order valence-corrected chi connectivity index (χ3v) is 1.95. The molecule has 1 aromatic rings. The van der Waals surface area contributed by atoms with Crippen LogP contribution in [-0.2, 0) is 0 Å². The third-order valence-electron chi connectivity index (χ3n) is 1.95. The highest BCUT2D eigenvalue weighted by atomic mass is 16.5. The van der Waals surface area contributed by atoms with Crippen molar-refractivity contribution in [2.45, 2.75) is 19.8 Å². The van der Waals surface area contributed by atoms with E-state index in [1.807, 2.05) is 6.92 Å². The lowest BCUT2D eigenvalue weighted by atomic mass is 10.3. The highest BCUT2D eigenvalue weighted by Crippen LogP contribution is 2.23. The van der Waals surface area contributed by atoms with E-state index in [9.17, 15) is 4.79 Å². The fraction of sp³-hybridized carbons (Fsp3) is 0.500. The zero-order valence-corrected chi connectivity index (χ0v) is 9.40. The maximum Gasteiger partial charge on any atom is 0.320 e. The molecule has 6 heteroatoms. The summed E-state index contributed by atoms with van der Waals surface area (Å²) in [7, 11) is 1.41. The third kappa shape index (κ3) is 2.82. The summed E-state index contributed by atoms with van der Waals surface area (Å²) in [4.78, 5) is 18.4. The topological polar surface area (TPSA) is 87.3 Å². The van der Waals surface area contributed by atoms with E-state index >= 15 is 0 Å². The molecule has 0 radical (unpaired) electrons. The lowest BCUT2D eigenvalue weighted by Gasteiger charge is -2.09. The van der Waals surface area contributed by atoms with Gasteiger partial charge in [0.1, 0.15) is 11.4 Å². The van der Waals surface area contributed by atoms with Crippen LogP contribution in [0.15, 0.2) is 0 Å². The number of carbonyl (C=O) groups is 1. The fourth-order valence-electron chi connectivity index (χ4n) is 1.05. The van der Waals surface area contributed by atoms with Gasteiger partial charge in [-0.3, -0.25) is 4.79 Å². The van der Waals surface area contributed by atoms with Crippen molar-refractivity contribution in [1.82, 2.24) is 9.97 Å². The molecule has 0 bridgehead atoms. The second kappa shape index (κ2) is 5.89. The van der Waals surface area contributed by atoms with Crippen LogP contribution < -0.4 is 15.2 Å². The normalized spacial score (nSPS) is 9.88. The van der Waals surface area contributed by atoms with Gasteiger partial charge < -0.3 is 15.2 Å². The van der Waals surface area contributed by atoms with E-state index in [1.165, 1.54) is 7.11 Å². The molecule has 1 heterocycles. The number of aldehydes is 1. The zero-order valence-electron chi connectivity index (χ0n) is 9.40. The van der Waals surface area contributed by atoms with Crippen molar-refractivity contribution in [3.63, 3.8) is 0 Å². The standard InChI is InChI=1S/C10H15N3O3/c1-3-4-5-16-9-8(11)7(6-14)12-10(13-9)15-2/h6H,3-5,11H2,1-2H3. The number of nitrogen functional groups attached to an aromatic ring is 1. The molecule has 0 aromatic carbocycles. The molecule has 0 saturated heterocycles. The Morgan fingerprint density at radius 3 is 2.75 bits per heavy atom. The van der Waals surface area contributed by atoms with Gasteiger partial charge in [-0.15, -0.1) is 0 Å². The molecule has 0 saturated carbocycles. The van der Waals surface area contributed by atoms with Crippen LogP contribution in [0.25, 0.3) is 0 Å². The molecule has 1 rings (SSSR count). The largest absolute Gasteiger partial charge is 0.476 e. The van der Waals surface area contributed by atoms with Crippen molar-refractivity contribution in [2.24, 2.45) is 0 Å². The predicted octanol–water partition coefficient (Wildman–Crippen LogP) is 1.06. The molecule has 0 atom stereocenters. The number of unbranched alkanes of at least 4 members (excludes halogenated alkanes) is 1. The van der Waals surface area contributed by atoms with Gasteiger partial charge in [0.15, 0.2) is 6.29 Å². The molecular weight excluding hydrogens is 210 g/mol. The van der Waals surface area contributed by atoms with Gasteiger partial charge in [0.05, 0.1) is 13.7 Å². The lowest BCUT2D eigenvalue weighted by Crippen LogP contribution is -2.08. The van der Waals surface area contributed by atoms with Crippen LogP contribution >= 0.6 is 0 Å². The van der Waals surface area contributed by atoms with Crippen LogP contribution in [-0.4, -0.2) is 30.0 Å². The number of nitrogens with two attached hydrogens (primary N) is 1. The van der Waals surface area contributed by atoms with Crippen molar-refractivity contribution < 1.29 is 14.3 Å². The summed E-state index contributed by atoms with van der Waals surface area (Å²) in [5.74, 6) is 0.197. The summed E-state index contributed by atoms with van der Waals surface area (Å²) in [6.45, 7) is 2.54. The van der Waals surface area contributed by atoms with Crippen LogP contribution in [0.5, 0.6) is 11.9 Å². The molecule has 16 heavy (non-hydrogen) atoms. The number of ether oxygens (including phenoxy) is 2. The monoisotopic (exact) mass is 225 g/mol. The average Bonchev–Trinajstić information content (AvgIpc) is 2.31. The van der Waals surface area contributed by atoms with Gasteiger partial charge in [-0.05, 0) is 6.42 Å². The van der Waals surface area contributed by atoms with Crippen LogP contribution in [0.2, 0.25) is 0 Å². The SMILES string of the molecule is CCCCOc1nc(OC)nc(C=O)c1N. The summed E-state index contributed by atoms with van der Waals surface area (Å²) in [6.07, 6.45) is 2.44. The smallest absolute Gasteiger partial charge is 0.320 e. The van der Waals surface area contributed by atoms with E-state index < -0.39 is 0 Å². The second-order valence-electron chi connectivity index (χ2n) is 3.13. The lowest BCUT2D eigenvalue weighted by molar-refractivity contribution is 0.111. The Bertz CT molecular complexity index is 369. The Hall–Kier alpha value is -1.85. The molecule has 0 aliphatic heterocycles. The van der Waals surface area contributed by atoms with Gasteiger partial charge in [-0.2, -0.15) is 9.97 Å². The number of carbonyl (C=O) groups excluding carboxylic acids is 1. The maximum atomic E-state index is 10.7. The number of anilines is 1. The number of methoxy groups -OCH3 is 1. The molecule has 88 valence electrons. The molecule has 6 nitrogen and oxygen atoms in total. The Balaban J connectivity index is 2.92. The maximum absolute atomic E-state index is 10.7. The minimum absolute atomic E-state index is 0.0720. The van der Waals surface area contributed by atoms with E-state index in [0.717, 1.165) is 12.8 Å². The van der Waals surface area contributed by atoms with Gasteiger partial charge >= 0.3 is 6.01 Å². The first kappa shape index (κ1) is 12.2. The first-order valence-electron chi connectivity index (χ1n) is 5.02. The molecule has 0 amide bonds. The van der Waals surface area contributed by atoms with Crippen LogP contribution in [0.4, 0.5) is 5.69 Å². The fourth-order valence-corrected chi connectivity index (χ4v) is 1.05. The van der Waals surface area contributed by atoms with Crippen LogP contribution in [0, 0.1) is 0 Å². The molecule has 0 fully saturated rings. The molecule has 0 unspecified atom stereocenters. The van der Waals surface area contributed by atoms with Crippen molar-refractivity contribution in [1.29, 1.82) is 0 Å². The minimum atomic E-state index is 0.0720. The number of hydrogen-bond donors (Lipinski definition) is 1. The van der Waals surface area contributed by atoms with E-state index in [0.29, 0.717) is 12.9 Å². The molecule has 0 aliphatic rings. The second-order valence-corrected chi connectivity index (χ2v) is 3.13. The number of rotatable bonds is 6. The molecule has 2 N–H and O–H groups in total. The Kier molecular flexibility index (Phi) is 4.50. The van der Waals surface area contributed by atoms with E-state index in [1.54, 1.807) is 0 Å². The van der Waals surface area contributed by atoms with Crippen molar-refractivity contribution in [3.8, 4) is 11.9 Å².